The molecule has 6 nitrogen and oxygen atoms in total. The normalized spacial score (nSPS) is 19.9. The Hall–Kier alpha value is -2.38. The lowest BCUT2D eigenvalue weighted by atomic mass is 10.1. The minimum absolute atomic E-state index is 0.0695. The van der Waals surface area contributed by atoms with E-state index >= 15 is 0 Å². The number of fused-ring (bicyclic) bond motifs is 1. The van der Waals surface area contributed by atoms with Gasteiger partial charge in [-0.3, -0.25) is 4.79 Å². The van der Waals surface area contributed by atoms with Crippen molar-refractivity contribution in [2.75, 3.05) is 26.2 Å². The Bertz CT molecular complexity index is 986. The lowest BCUT2D eigenvalue weighted by Gasteiger charge is -2.35. The van der Waals surface area contributed by atoms with E-state index in [4.69, 9.17) is 4.74 Å². The Balaban J connectivity index is 1.42. The molecule has 28 heavy (non-hydrogen) atoms. The number of benzene rings is 2. The Kier molecular flexibility index (Phi) is 4.89. The number of carbonyl (C=O) groups excluding carboxylic acids is 1. The molecule has 7 heteroatoms. The molecule has 0 saturated carbocycles. The highest BCUT2D eigenvalue weighted by Gasteiger charge is 2.36. The van der Waals surface area contributed by atoms with Gasteiger partial charge in [0, 0.05) is 32.6 Å². The van der Waals surface area contributed by atoms with Crippen molar-refractivity contribution in [2.45, 2.75) is 31.3 Å². The van der Waals surface area contributed by atoms with Gasteiger partial charge in [0.1, 0.15) is 5.75 Å². The second-order valence-electron chi connectivity index (χ2n) is 7.42. The topological polar surface area (TPSA) is 66.9 Å². The van der Waals surface area contributed by atoms with Crippen LogP contribution in [0.1, 0.15) is 16.7 Å². The molecule has 1 saturated heterocycles. The summed E-state index contributed by atoms with van der Waals surface area (Å²) in [6.45, 7) is 5.02. The maximum absolute atomic E-state index is 13.0. The van der Waals surface area contributed by atoms with Crippen molar-refractivity contribution < 1.29 is 17.9 Å². The van der Waals surface area contributed by atoms with Crippen LogP contribution in [-0.2, 0) is 21.2 Å². The first-order valence-corrected chi connectivity index (χ1v) is 10.9. The molecule has 0 aliphatic carbocycles. The molecule has 2 aromatic rings. The van der Waals surface area contributed by atoms with E-state index in [9.17, 15) is 13.2 Å². The van der Waals surface area contributed by atoms with Crippen LogP contribution in [0.2, 0.25) is 0 Å². The van der Waals surface area contributed by atoms with Crippen LogP contribution in [0.5, 0.6) is 5.75 Å². The van der Waals surface area contributed by atoms with Gasteiger partial charge in [0.05, 0.1) is 4.90 Å². The fraction of sp³-hybridized carbons (Fsp3) is 0.381. The molecular weight excluding hydrogens is 376 g/mol. The zero-order valence-corrected chi connectivity index (χ0v) is 16.9. The van der Waals surface area contributed by atoms with Gasteiger partial charge in [-0.15, -0.1) is 0 Å². The fourth-order valence-corrected chi connectivity index (χ4v) is 5.53. The summed E-state index contributed by atoms with van der Waals surface area (Å²) in [5.74, 6) is 0.692. The van der Waals surface area contributed by atoms with Crippen LogP contribution < -0.4 is 4.74 Å². The molecule has 1 atom stereocenters. The van der Waals surface area contributed by atoms with Gasteiger partial charge in [-0.05, 0) is 42.7 Å². The number of hydrogen-bond acceptors (Lipinski definition) is 4. The molecule has 0 aromatic heterocycles. The van der Waals surface area contributed by atoms with Crippen molar-refractivity contribution in [3.05, 3.63) is 59.2 Å². The lowest BCUT2D eigenvalue weighted by Crippen LogP contribution is -2.53. The summed E-state index contributed by atoms with van der Waals surface area (Å²) >= 11 is 0. The number of ether oxygens (including phenoxy) is 1. The van der Waals surface area contributed by atoms with E-state index in [2.05, 4.69) is 0 Å². The average Bonchev–Trinajstić information content (AvgIpc) is 3.13. The summed E-state index contributed by atoms with van der Waals surface area (Å²) in [5.41, 5.74) is 2.69. The fourth-order valence-electron chi connectivity index (χ4n) is 3.80. The van der Waals surface area contributed by atoms with E-state index in [1.165, 1.54) is 4.31 Å². The number of nitrogens with zero attached hydrogens (tertiary/aromatic N) is 2. The summed E-state index contributed by atoms with van der Waals surface area (Å²) in [5, 5.41) is 0. The first kappa shape index (κ1) is 19.0. The number of piperazine rings is 1. The van der Waals surface area contributed by atoms with Crippen molar-refractivity contribution in [2.24, 2.45) is 0 Å². The van der Waals surface area contributed by atoms with E-state index in [0.717, 1.165) is 22.4 Å². The minimum Gasteiger partial charge on any atom is -0.480 e. The zero-order valence-electron chi connectivity index (χ0n) is 16.1. The molecule has 0 spiro atoms. The van der Waals surface area contributed by atoms with Crippen LogP contribution in [-0.4, -0.2) is 55.8 Å². The number of carbonyl (C=O) groups is 1. The molecule has 0 radical (unpaired) electrons. The SMILES string of the molecule is Cc1ccc(C)c(S(=O)(=O)N2CCN(C(=O)[C@@H]3Cc4ccccc4O3)CC2)c1. The van der Waals surface area contributed by atoms with Crippen LogP contribution in [0.3, 0.4) is 0 Å². The largest absolute Gasteiger partial charge is 0.480 e. The molecule has 2 aliphatic heterocycles. The van der Waals surface area contributed by atoms with E-state index in [0.29, 0.717) is 37.5 Å². The van der Waals surface area contributed by atoms with E-state index in [-0.39, 0.29) is 5.91 Å². The smallest absolute Gasteiger partial charge is 0.264 e. The molecule has 2 aromatic carbocycles. The van der Waals surface area contributed by atoms with Crippen LogP contribution >= 0.6 is 0 Å². The molecule has 2 heterocycles. The summed E-state index contributed by atoms with van der Waals surface area (Å²) in [7, 11) is -3.56. The molecule has 0 unspecified atom stereocenters. The molecule has 1 amide bonds. The quantitative estimate of drug-likeness (QED) is 0.792. The molecule has 148 valence electrons. The van der Waals surface area contributed by atoms with Crippen molar-refractivity contribution in [3.63, 3.8) is 0 Å². The van der Waals surface area contributed by atoms with Gasteiger partial charge in [-0.25, -0.2) is 8.42 Å². The monoisotopic (exact) mass is 400 g/mol. The average molecular weight is 401 g/mol. The van der Waals surface area contributed by atoms with Gasteiger partial charge < -0.3 is 9.64 Å². The van der Waals surface area contributed by atoms with Crippen LogP contribution in [0.25, 0.3) is 0 Å². The van der Waals surface area contributed by atoms with Gasteiger partial charge >= 0.3 is 0 Å². The number of rotatable bonds is 3. The van der Waals surface area contributed by atoms with Gasteiger partial charge in [0.15, 0.2) is 6.10 Å². The first-order chi connectivity index (χ1) is 13.4. The third-order valence-electron chi connectivity index (χ3n) is 5.43. The van der Waals surface area contributed by atoms with Gasteiger partial charge in [-0.1, -0.05) is 30.3 Å². The number of amides is 1. The molecule has 0 N–H and O–H groups in total. The summed E-state index contributed by atoms with van der Waals surface area (Å²) in [6, 6.07) is 13.1. The predicted molar refractivity (Wildman–Crippen MR) is 106 cm³/mol. The van der Waals surface area contributed by atoms with Gasteiger partial charge in [0.2, 0.25) is 10.0 Å². The molecule has 1 fully saturated rings. The molecule has 2 aliphatic rings. The highest BCUT2D eigenvalue weighted by atomic mass is 32.2. The van der Waals surface area contributed by atoms with Crippen molar-refractivity contribution in [1.82, 2.24) is 9.21 Å². The number of para-hydroxylation sites is 1. The Morgan fingerprint density at radius 1 is 1.04 bits per heavy atom. The minimum atomic E-state index is -3.56. The van der Waals surface area contributed by atoms with E-state index in [1.807, 2.05) is 43.3 Å². The maximum atomic E-state index is 13.0. The van der Waals surface area contributed by atoms with Crippen molar-refractivity contribution in [1.29, 1.82) is 0 Å². The van der Waals surface area contributed by atoms with Gasteiger partial charge in [0.25, 0.3) is 5.91 Å². The van der Waals surface area contributed by atoms with E-state index < -0.39 is 16.1 Å². The number of aryl methyl sites for hydroxylation is 2. The Morgan fingerprint density at radius 3 is 2.46 bits per heavy atom. The number of hydrogen-bond donors (Lipinski definition) is 0. The highest BCUT2D eigenvalue weighted by molar-refractivity contribution is 7.89. The molecule has 0 bridgehead atoms. The zero-order chi connectivity index (χ0) is 19.9. The molecule has 4 rings (SSSR count). The standard InChI is InChI=1S/C21H24N2O4S/c1-15-7-8-16(2)20(13-15)28(25,26)23-11-9-22(10-12-23)21(24)19-14-17-5-3-4-6-18(17)27-19/h3-8,13,19H,9-12,14H2,1-2H3/t19-/m0/s1. The van der Waals surface area contributed by atoms with Crippen molar-refractivity contribution in [3.8, 4) is 5.75 Å². The maximum Gasteiger partial charge on any atom is 0.264 e. The summed E-state index contributed by atoms with van der Waals surface area (Å²) in [4.78, 5) is 14.9. The van der Waals surface area contributed by atoms with Crippen LogP contribution in [0.4, 0.5) is 0 Å². The van der Waals surface area contributed by atoms with Crippen LogP contribution in [0, 0.1) is 13.8 Å². The predicted octanol–water partition coefficient (Wildman–Crippen LogP) is 2.14. The third-order valence-corrected chi connectivity index (χ3v) is 7.47. The van der Waals surface area contributed by atoms with Gasteiger partial charge in [-0.2, -0.15) is 4.31 Å². The van der Waals surface area contributed by atoms with Crippen LogP contribution in [0.15, 0.2) is 47.4 Å². The molecular formula is C21H24N2O4S. The lowest BCUT2D eigenvalue weighted by molar-refractivity contribution is -0.139. The first-order valence-electron chi connectivity index (χ1n) is 9.47. The second-order valence-corrected chi connectivity index (χ2v) is 9.32. The van der Waals surface area contributed by atoms with Crippen molar-refractivity contribution >= 4 is 15.9 Å². The Morgan fingerprint density at radius 2 is 1.75 bits per heavy atom. The Labute approximate surface area is 165 Å². The second kappa shape index (κ2) is 7.22. The van der Waals surface area contributed by atoms with E-state index in [1.54, 1.807) is 17.9 Å². The third kappa shape index (κ3) is 3.40. The highest BCUT2D eigenvalue weighted by Crippen LogP contribution is 2.29. The summed E-state index contributed by atoms with van der Waals surface area (Å²) < 4.78 is 33.3. The summed E-state index contributed by atoms with van der Waals surface area (Å²) in [6.07, 6.45) is 0.0512. The number of sulfonamides is 1.